The number of carbonyl (C=O) groups is 3. The van der Waals surface area contributed by atoms with Crippen molar-refractivity contribution >= 4 is 34.0 Å². The number of thiophene rings is 1. The normalized spacial score (nSPS) is 16.0. The van der Waals surface area contributed by atoms with Crippen molar-refractivity contribution in [3.8, 4) is 0 Å². The van der Waals surface area contributed by atoms with E-state index in [0.717, 1.165) is 47.8 Å². The second kappa shape index (κ2) is 9.14. The zero-order valence-electron chi connectivity index (χ0n) is 18.1. The molecule has 1 aliphatic heterocycles. The van der Waals surface area contributed by atoms with E-state index in [1.54, 1.807) is 6.92 Å². The number of anilines is 1. The number of ether oxygens (including phenoxy) is 2. The van der Waals surface area contributed by atoms with E-state index in [1.807, 2.05) is 26.8 Å². The van der Waals surface area contributed by atoms with Crippen LogP contribution in [-0.2, 0) is 20.8 Å². The van der Waals surface area contributed by atoms with Crippen molar-refractivity contribution in [1.82, 2.24) is 4.57 Å². The Morgan fingerprint density at radius 1 is 1.27 bits per heavy atom. The van der Waals surface area contributed by atoms with Gasteiger partial charge in [-0.15, -0.1) is 11.3 Å². The van der Waals surface area contributed by atoms with Crippen LogP contribution in [0.2, 0.25) is 0 Å². The summed E-state index contributed by atoms with van der Waals surface area (Å²) in [6.07, 6.45) is 2.26. The molecule has 8 heteroatoms. The Hall–Kier alpha value is -2.45. The van der Waals surface area contributed by atoms with Crippen molar-refractivity contribution in [3.63, 3.8) is 0 Å². The lowest BCUT2D eigenvalue weighted by atomic mass is 10.1. The van der Waals surface area contributed by atoms with Gasteiger partial charge in [0.25, 0.3) is 0 Å². The predicted octanol–water partition coefficient (Wildman–Crippen LogP) is 3.96. The fourth-order valence-electron chi connectivity index (χ4n) is 3.76. The SMILES string of the molecule is CC(=O)Nc1sc(C)c(C)c1C(=O)OCC(=O)c1cc(C)n(C[C@@H]2CCCO2)c1C. The summed E-state index contributed by atoms with van der Waals surface area (Å²) in [5.41, 5.74) is 3.44. The molecule has 1 amide bonds. The Morgan fingerprint density at radius 2 is 2.00 bits per heavy atom. The van der Waals surface area contributed by atoms with Crippen LogP contribution in [0.5, 0.6) is 0 Å². The smallest absolute Gasteiger partial charge is 0.341 e. The van der Waals surface area contributed by atoms with E-state index in [-0.39, 0.29) is 24.4 Å². The summed E-state index contributed by atoms with van der Waals surface area (Å²) < 4.78 is 13.1. The van der Waals surface area contributed by atoms with Crippen LogP contribution in [0.4, 0.5) is 5.00 Å². The van der Waals surface area contributed by atoms with Crippen LogP contribution in [0.15, 0.2) is 6.07 Å². The minimum Gasteiger partial charge on any atom is -0.454 e. The van der Waals surface area contributed by atoms with Crippen molar-refractivity contribution in [2.75, 3.05) is 18.5 Å². The molecule has 0 aliphatic carbocycles. The molecule has 30 heavy (non-hydrogen) atoms. The van der Waals surface area contributed by atoms with Crippen molar-refractivity contribution in [2.45, 2.75) is 60.1 Å². The first kappa shape index (κ1) is 22.2. The van der Waals surface area contributed by atoms with Crippen LogP contribution in [-0.4, -0.2) is 41.5 Å². The van der Waals surface area contributed by atoms with Gasteiger partial charge >= 0.3 is 5.97 Å². The Morgan fingerprint density at radius 3 is 2.63 bits per heavy atom. The van der Waals surface area contributed by atoms with Crippen molar-refractivity contribution < 1.29 is 23.9 Å². The topological polar surface area (TPSA) is 86.6 Å². The lowest BCUT2D eigenvalue weighted by molar-refractivity contribution is -0.114. The molecule has 3 heterocycles. The van der Waals surface area contributed by atoms with Gasteiger partial charge in [-0.3, -0.25) is 9.59 Å². The van der Waals surface area contributed by atoms with Crippen LogP contribution in [0.3, 0.4) is 0 Å². The van der Waals surface area contributed by atoms with Gasteiger partial charge in [-0.1, -0.05) is 0 Å². The number of esters is 1. The van der Waals surface area contributed by atoms with Crippen molar-refractivity contribution in [2.24, 2.45) is 0 Å². The number of nitrogens with one attached hydrogen (secondary N) is 1. The first-order valence-corrected chi connectivity index (χ1v) is 10.9. The van der Waals surface area contributed by atoms with E-state index in [9.17, 15) is 14.4 Å². The zero-order chi connectivity index (χ0) is 22.0. The highest BCUT2D eigenvalue weighted by Gasteiger charge is 2.24. The molecular formula is C22H28N2O5S. The summed E-state index contributed by atoms with van der Waals surface area (Å²) >= 11 is 1.32. The van der Waals surface area contributed by atoms with Crippen LogP contribution >= 0.6 is 11.3 Å². The highest BCUT2D eigenvalue weighted by atomic mass is 32.1. The number of ketones is 1. The van der Waals surface area contributed by atoms with Gasteiger partial charge in [0.2, 0.25) is 11.7 Å². The highest BCUT2D eigenvalue weighted by molar-refractivity contribution is 7.16. The minimum absolute atomic E-state index is 0.174. The monoisotopic (exact) mass is 432 g/mol. The summed E-state index contributed by atoms with van der Waals surface area (Å²) in [6, 6.07) is 1.84. The molecule has 0 spiro atoms. The zero-order valence-corrected chi connectivity index (χ0v) is 18.9. The van der Waals surface area contributed by atoms with Gasteiger partial charge in [-0.05, 0) is 52.2 Å². The third kappa shape index (κ3) is 4.65. The molecule has 162 valence electrons. The number of Topliss-reactive ketones (excluding diaryl/α,β-unsaturated/α-hetero) is 1. The summed E-state index contributed by atoms with van der Waals surface area (Å²) in [5, 5.41) is 3.12. The minimum atomic E-state index is -0.609. The van der Waals surface area contributed by atoms with Gasteiger partial charge in [-0.2, -0.15) is 0 Å². The first-order chi connectivity index (χ1) is 14.2. The quantitative estimate of drug-likeness (QED) is 0.529. The number of amides is 1. The average molecular weight is 433 g/mol. The van der Waals surface area contributed by atoms with Gasteiger partial charge in [0.15, 0.2) is 6.61 Å². The molecule has 1 saturated heterocycles. The van der Waals surface area contributed by atoms with E-state index < -0.39 is 5.97 Å². The number of carbonyl (C=O) groups excluding carboxylic acids is 3. The molecule has 0 radical (unpaired) electrons. The lowest BCUT2D eigenvalue weighted by Gasteiger charge is -2.14. The number of hydrogen-bond donors (Lipinski definition) is 1. The largest absolute Gasteiger partial charge is 0.454 e. The molecule has 1 atom stereocenters. The Kier molecular flexibility index (Phi) is 6.77. The fourth-order valence-corrected chi connectivity index (χ4v) is 4.85. The second-order valence-corrected chi connectivity index (χ2v) is 8.92. The van der Waals surface area contributed by atoms with E-state index in [4.69, 9.17) is 9.47 Å². The Bertz CT molecular complexity index is 982. The number of hydrogen-bond acceptors (Lipinski definition) is 6. The summed E-state index contributed by atoms with van der Waals surface area (Å²) in [6.45, 7) is 10.1. The van der Waals surface area contributed by atoms with E-state index >= 15 is 0 Å². The predicted molar refractivity (Wildman–Crippen MR) is 116 cm³/mol. The van der Waals surface area contributed by atoms with Gasteiger partial charge in [0, 0.05) is 41.9 Å². The van der Waals surface area contributed by atoms with Crippen LogP contribution in [0.1, 0.15) is 62.3 Å². The van der Waals surface area contributed by atoms with Gasteiger partial charge in [0.1, 0.15) is 5.00 Å². The van der Waals surface area contributed by atoms with Crippen LogP contribution in [0, 0.1) is 27.7 Å². The lowest BCUT2D eigenvalue weighted by Crippen LogP contribution is -2.19. The summed E-state index contributed by atoms with van der Waals surface area (Å²) in [5.74, 6) is -1.12. The standard InChI is InChI=1S/C22H28N2O5S/c1-12-9-18(14(3)24(12)10-17-7-6-8-28-17)19(26)11-29-22(27)20-13(2)15(4)30-21(20)23-16(5)25/h9,17H,6-8,10-11H2,1-5H3,(H,23,25)/t17-/m0/s1. The summed E-state index contributed by atoms with van der Waals surface area (Å²) in [4.78, 5) is 37.8. The Labute approximate surface area is 180 Å². The highest BCUT2D eigenvalue weighted by Crippen LogP contribution is 2.33. The third-order valence-corrected chi connectivity index (χ3v) is 6.62. The van der Waals surface area contributed by atoms with Gasteiger partial charge < -0.3 is 19.4 Å². The van der Waals surface area contributed by atoms with E-state index in [2.05, 4.69) is 9.88 Å². The van der Waals surface area contributed by atoms with Crippen LogP contribution in [0.25, 0.3) is 0 Å². The molecule has 1 aliphatic rings. The van der Waals surface area contributed by atoms with Crippen molar-refractivity contribution in [3.05, 3.63) is 39.0 Å². The number of aromatic nitrogens is 1. The molecule has 1 fully saturated rings. The average Bonchev–Trinajstić information content (AvgIpc) is 3.35. The number of nitrogens with zero attached hydrogens (tertiary/aromatic N) is 1. The third-order valence-electron chi connectivity index (χ3n) is 5.50. The maximum atomic E-state index is 12.8. The maximum absolute atomic E-state index is 12.8. The van der Waals surface area contributed by atoms with Crippen LogP contribution < -0.4 is 5.32 Å². The number of rotatable bonds is 7. The molecule has 0 saturated carbocycles. The molecule has 0 bridgehead atoms. The molecule has 1 N–H and O–H groups in total. The molecule has 3 rings (SSSR count). The first-order valence-electron chi connectivity index (χ1n) is 10.0. The second-order valence-electron chi connectivity index (χ2n) is 7.70. The van der Waals surface area contributed by atoms with E-state index in [1.165, 1.54) is 18.3 Å². The van der Waals surface area contributed by atoms with Gasteiger partial charge in [0.05, 0.1) is 11.7 Å². The molecule has 2 aromatic heterocycles. The fraction of sp³-hybridized carbons (Fsp3) is 0.500. The molecule has 0 aromatic carbocycles. The number of aryl methyl sites for hydroxylation is 2. The molecular weight excluding hydrogens is 404 g/mol. The van der Waals surface area contributed by atoms with Crippen molar-refractivity contribution in [1.29, 1.82) is 0 Å². The molecule has 7 nitrogen and oxygen atoms in total. The van der Waals surface area contributed by atoms with Gasteiger partial charge in [-0.25, -0.2) is 4.79 Å². The van der Waals surface area contributed by atoms with E-state index in [0.29, 0.717) is 16.1 Å². The molecule has 0 unspecified atom stereocenters. The maximum Gasteiger partial charge on any atom is 0.341 e. The summed E-state index contributed by atoms with van der Waals surface area (Å²) in [7, 11) is 0. The molecule has 2 aromatic rings. The Balaban J connectivity index is 1.70.